The molecule has 1 aliphatic rings. The maximum Gasteiger partial charge on any atom is 0.411 e. The molecule has 0 radical (unpaired) electrons. The van der Waals surface area contributed by atoms with E-state index in [9.17, 15) is 18.0 Å². The van der Waals surface area contributed by atoms with E-state index in [0.717, 1.165) is 13.0 Å². The maximum atomic E-state index is 11.7. The third-order valence-electron chi connectivity index (χ3n) is 2.55. The molecule has 0 aromatic carbocycles. The predicted molar refractivity (Wildman–Crippen MR) is 55.5 cm³/mol. The number of rotatable bonds is 5. The van der Waals surface area contributed by atoms with Gasteiger partial charge in [-0.2, -0.15) is 13.2 Å². The van der Waals surface area contributed by atoms with E-state index in [1.807, 2.05) is 6.92 Å². The molecule has 0 bridgehead atoms. The average Bonchev–Trinajstić information content (AvgIpc) is 2.58. The van der Waals surface area contributed by atoms with Gasteiger partial charge in [0, 0.05) is 13.0 Å². The van der Waals surface area contributed by atoms with Gasteiger partial charge in [-0.3, -0.25) is 4.79 Å². The molecule has 1 unspecified atom stereocenters. The van der Waals surface area contributed by atoms with Crippen molar-refractivity contribution in [3.8, 4) is 0 Å². The molecular weight excluding hydrogens is 237 g/mol. The highest BCUT2D eigenvalue weighted by atomic mass is 19.4. The first-order chi connectivity index (χ1) is 7.81. The standard InChI is InChI=1S/C10H17F3N2O2/c1-9(3-4-14-6-9)15-8(16)2-5-17-7-10(11,12)13/h14H,2-7H2,1H3,(H,15,16). The van der Waals surface area contributed by atoms with Crippen LogP contribution in [0.25, 0.3) is 0 Å². The fraction of sp³-hybridized carbons (Fsp3) is 0.900. The molecule has 17 heavy (non-hydrogen) atoms. The van der Waals surface area contributed by atoms with Gasteiger partial charge in [-0.1, -0.05) is 0 Å². The summed E-state index contributed by atoms with van der Waals surface area (Å²) in [6, 6.07) is 0. The number of nitrogens with one attached hydrogen (secondary N) is 2. The lowest BCUT2D eigenvalue weighted by molar-refractivity contribution is -0.174. The molecule has 0 saturated carbocycles. The molecule has 100 valence electrons. The van der Waals surface area contributed by atoms with Gasteiger partial charge in [-0.15, -0.1) is 0 Å². The summed E-state index contributed by atoms with van der Waals surface area (Å²) in [6.07, 6.45) is -3.56. The number of ether oxygens (including phenoxy) is 1. The molecule has 1 rings (SSSR count). The molecule has 1 atom stereocenters. The Balaban J connectivity index is 2.13. The average molecular weight is 254 g/mol. The van der Waals surface area contributed by atoms with E-state index < -0.39 is 12.8 Å². The highest BCUT2D eigenvalue weighted by Crippen LogP contribution is 2.15. The Morgan fingerprint density at radius 1 is 1.53 bits per heavy atom. The fourth-order valence-corrected chi connectivity index (χ4v) is 1.68. The van der Waals surface area contributed by atoms with Gasteiger partial charge in [0.1, 0.15) is 6.61 Å². The summed E-state index contributed by atoms with van der Waals surface area (Å²) in [4.78, 5) is 11.4. The quantitative estimate of drug-likeness (QED) is 0.714. The highest BCUT2D eigenvalue weighted by molar-refractivity contribution is 5.76. The number of alkyl halides is 3. The van der Waals surface area contributed by atoms with E-state index >= 15 is 0 Å². The smallest absolute Gasteiger partial charge is 0.372 e. The van der Waals surface area contributed by atoms with Crippen molar-refractivity contribution in [2.75, 3.05) is 26.3 Å². The minimum Gasteiger partial charge on any atom is -0.372 e. The zero-order valence-corrected chi connectivity index (χ0v) is 9.69. The van der Waals surface area contributed by atoms with Crippen LogP contribution < -0.4 is 10.6 Å². The summed E-state index contributed by atoms with van der Waals surface area (Å²) in [5, 5.41) is 5.90. The summed E-state index contributed by atoms with van der Waals surface area (Å²) in [7, 11) is 0. The van der Waals surface area contributed by atoms with Gasteiger partial charge in [-0.05, 0) is 19.9 Å². The Bertz CT molecular complexity index is 263. The third kappa shape index (κ3) is 5.88. The van der Waals surface area contributed by atoms with Crippen LogP contribution >= 0.6 is 0 Å². The summed E-state index contributed by atoms with van der Waals surface area (Å²) in [5.41, 5.74) is -0.291. The summed E-state index contributed by atoms with van der Waals surface area (Å²) in [6.45, 7) is 1.90. The van der Waals surface area contributed by atoms with Crippen molar-refractivity contribution in [1.29, 1.82) is 0 Å². The molecule has 2 N–H and O–H groups in total. The van der Waals surface area contributed by atoms with Gasteiger partial charge in [0.25, 0.3) is 0 Å². The third-order valence-corrected chi connectivity index (χ3v) is 2.55. The normalized spacial score (nSPS) is 24.9. The molecule has 0 spiro atoms. The van der Waals surface area contributed by atoms with Gasteiger partial charge in [0.15, 0.2) is 0 Å². The highest BCUT2D eigenvalue weighted by Gasteiger charge is 2.30. The molecule has 1 saturated heterocycles. The van der Waals surface area contributed by atoms with Crippen molar-refractivity contribution in [1.82, 2.24) is 10.6 Å². The van der Waals surface area contributed by atoms with E-state index in [0.29, 0.717) is 6.54 Å². The van der Waals surface area contributed by atoms with Crippen LogP contribution in [0.4, 0.5) is 13.2 Å². The first kappa shape index (κ1) is 14.2. The van der Waals surface area contributed by atoms with Crippen molar-refractivity contribution in [2.24, 2.45) is 0 Å². The Hall–Kier alpha value is -0.820. The van der Waals surface area contributed by atoms with E-state index in [1.165, 1.54) is 0 Å². The van der Waals surface area contributed by atoms with E-state index in [4.69, 9.17) is 0 Å². The molecular formula is C10H17F3N2O2. The summed E-state index contributed by atoms with van der Waals surface area (Å²) in [5.74, 6) is -0.279. The Morgan fingerprint density at radius 3 is 2.76 bits per heavy atom. The van der Waals surface area contributed by atoms with Crippen LogP contribution in [0.2, 0.25) is 0 Å². The Labute approximate surface area is 97.9 Å². The summed E-state index contributed by atoms with van der Waals surface area (Å²) >= 11 is 0. The van der Waals surface area contributed by atoms with E-state index in [-0.39, 0.29) is 24.5 Å². The molecule has 1 amide bonds. The van der Waals surface area contributed by atoms with Crippen LogP contribution in [-0.2, 0) is 9.53 Å². The van der Waals surface area contributed by atoms with Gasteiger partial charge < -0.3 is 15.4 Å². The lowest BCUT2D eigenvalue weighted by Crippen LogP contribution is -2.47. The van der Waals surface area contributed by atoms with Crippen molar-refractivity contribution < 1.29 is 22.7 Å². The largest absolute Gasteiger partial charge is 0.411 e. The van der Waals surface area contributed by atoms with Crippen LogP contribution in [0.15, 0.2) is 0 Å². The molecule has 0 aliphatic carbocycles. The SMILES string of the molecule is CC1(NC(=O)CCOCC(F)(F)F)CCNC1. The van der Waals surface area contributed by atoms with Crippen LogP contribution in [0.5, 0.6) is 0 Å². The van der Waals surface area contributed by atoms with Crippen molar-refractivity contribution in [3.05, 3.63) is 0 Å². The molecule has 0 aromatic heterocycles. The monoisotopic (exact) mass is 254 g/mol. The number of amides is 1. The first-order valence-electron chi connectivity index (χ1n) is 5.47. The van der Waals surface area contributed by atoms with E-state index in [2.05, 4.69) is 15.4 Å². The molecule has 7 heteroatoms. The van der Waals surface area contributed by atoms with Gasteiger partial charge >= 0.3 is 6.18 Å². The van der Waals surface area contributed by atoms with Crippen LogP contribution in [0.1, 0.15) is 19.8 Å². The van der Waals surface area contributed by atoms with E-state index in [1.54, 1.807) is 0 Å². The van der Waals surface area contributed by atoms with Crippen molar-refractivity contribution >= 4 is 5.91 Å². The topological polar surface area (TPSA) is 50.4 Å². The molecule has 1 aliphatic heterocycles. The number of carbonyl (C=O) groups excluding carboxylic acids is 1. The zero-order chi connectivity index (χ0) is 12.9. The fourth-order valence-electron chi connectivity index (χ4n) is 1.68. The second-order valence-electron chi connectivity index (χ2n) is 4.45. The number of halogens is 3. The molecule has 1 fully saturated rings. The Kier molecular flexibility index (Phi) is 4.76. The second-order valence-corrected chi connectivity index (χ2v) is 4.45. The molecule has 1 heterocycles. The van der Waals surface area contributed by atoms with Crippen LogP contribution in [0, 0.1) is 0 Å². The minimum absolute atomic E-state index is 0.0499. The van der Waals surface area contributed by atoms with Gasteiger partial charge in [0.05, 0.1) is 12.1 Å². The van der Waals surface area contributed by atoms with Crippen LogP contribution in [-0.4, -0.2) is 43.9 Å². The zero-order valence-electron chi connectivity index (χ0n) is 9.69. The number of carbonyl (C=O) groups is 1. The van der Waals surface area contributed by atoms with Crippen molar-refractivity contribution in [3.63, 3.8) is 0 Å². The second kappa shape index (κ2) is 5.68. The summed E-state index contributed by atoms with van der Waals surface area (Å²) < 4.78 is 39.6. The predicted octanol–water partition coefficient (Wildman–Crippen LogP) is 0.824. The minimum atomic E-state index is -4.34. The van der Waals surface area contributed by atoms with Crippen LogP contribution in [0.3, 0.4) is 0 Å². The number of hydrogen-bond acceptors (Lipinski definition) is 3. The molecule has 4 nitrogen and oxygen atoms in total. The Morgan fingerprint density at radius 2 is 2.24 bits per heavy atom. The van der Waals surface area contributed by atoms with Gasteiger partial charge in [0.2, 0.25) is 5.91 Å². The lowest BCUT2D eigenvalue weighted by Gasteiger charge is -2.24. The lowest BCUT2D eigenvalue weighted by atomic mass is 10.0. The van der Waals surface area contributed by atoms with Crippen molar-refractivity contribution in [2.45, 2.75) is 31.5 Å². The first-order valence-corrected chi connectivity index (χ1v) is 5.47. The molecule has 0 aromatic rings. The maximum absolute atomic E-state index is 11.7. The number of hydrogen-bond donors (Lipinski definition) is 2. The van der Waals surface area contributed by atoms with Gasteiger partial charge in [-0.25, -0.2) is 0 Å².